The van der Waals surface area contributed by atoms with Crippen molar-refractivity contribution in [2.24, 2.45) is 5.73 Å². The maximum absolute atomic E-state index is 11.9. The van der Waals surface area contributed by atoms with E-state index in [0.717, 1.165) is 5.56 Å². The van der Waals surface area contributed by atoms with E-state index in [0.29, 0.717) is 12.2 Å². The molecule has 1 aromatic rings. The van der Waals surface area contributed by atoms with Crippen LogP contribution in [0.2, 0.25) is 0 Å². The number of halogens is 3. The zero-order valence-corrected chi connectivity index (χ0v) is 10.9. The fraction of sp³-hybridized carbons (Fsp3) is 0.500. The van der Waals surface area contributed by atoms with Crippen LogP contribution in [0.3, 0.4) is 0 Å². The van der Waals surface area contributed by atoms with Crippen molar-refractivity contribution in [2.45, 2.75) is 24.9 Å². The lowest BCUT2D eigenvalue weighted by atomic mass is 10.1. The van der Waals surface area contributed by atoms with Crippen molar-refractivity contribution < 1.29 is 17.9 Å². The van der Waals surface area contributed by atoms with Crippen LogP contribution in [0.4, 0.5) is 13.2 Å². The van der Waals surface area contributed by atoms with Crippen molar-refractivity contribution in [3.8, 4) is 5.75 Å². The van der Waals surface area contributed by atoms with Gasteiger partial charge in [-0.05, 0) is 36.7 Å². The van der Waals surface area contributed by atoms with Gasteiger partial charge in [0.05, 0.1) is 6.61 Å². The minimum Gasteiger partial charge on any atom is -0.492 e. The zero-order valence-electron chi connectivity index (χ0n) is 10.0. The van der Waals surface area contributed by atoms with Crippen LogP contribution in [-0.4, -0.2) is 23.9 Å². The van der Waals surface area contributed by atoms with Crippen LogP contribution in [0.15, 0.2) is 24.3 Å². The summed E-state index contributed by atoms with van der Waals surface area (Å²) >= 11 is -0.0771. The fourth-order valence-corrected chi connectivity index (χ4v) is 1.87. The third kappa shape index (κ3) is 6.16. The average molecular weight is 279 g/mol. The molecule has 1 aromatic carbocycles. The van der Waals surface area contributed by atoms with E-state index >= 15 is 0 Å². The number of hydrogen-bond donors (Lipinski definition) is 1. The van der Waals surface area contributed by atoms with Crippen molar-refractivity contribution in [1.29, 1.82) is 0 Å². The molecule has 0 radical (unpaired) electrons. The van der Waals surface area contributed by atoms with Crippen LogP contribution in [0.1, 0.15) is 12.5 Å². The van der Waals surface area contributed by atoms with Crippen LogP contribution in [-0.2, 0) is 6.42 Å². The first-order chi connectivity index (χ1) is 8.38. The van der Waals surface area contributed by atoms with Gasteiger partial charge in [0.25, 0.3) is 0 Å². The summed E-state index contributed by atoms with van der Waals surface area (Å²) in [7, 11) is 0. The molecule has 1 rings (SSSR count). The fourth-order valence-electron chi connectivity index (χ4n) is 1.47. The lowest BCUT2D eigenvalue weighted by molar-refractivity contribution is -0.0329. The van der Waals surface area contributed by atoms with Crippen molar-refractivity contribution in [3.05, 3.63) is 29.8 Å². The predicted octanol–water partition coefficient (Wildman–Crippen LogP) is 3.21. The van der Waals surface area contributed by atoms with Crippen molar-refractivity contribution in [3.63, 3.8) is 0 Å². The molecule has 0 aliphatic heterocycles. The Labute approximate surface area is 109 Å². The summed E-state index contributed by atoms with van der Waals surface area (Å²) in [6, 6.07) is 7.25. The van der Waals surface area contributed by atoms with E-state index in [4.69, 9.17) is 10.5 Å². The van der Waals surface area contributed by atoms with Crippen LogP contribution in [0, 0.1) is 0 Å². The molecular formula is C12H16F3NOS. The largest absolute Gasteiger partial charge is 0.492 e. The Kier molecular flexibility index (Phi) is 5.81. The van der Waals surface area contributed by atoms with Gasteiger partial charge >= 0.3 is 5.51 Å². The molecule has 0 aromatic heterocycles. The Bertz CT molecular complexity index is 369. The molecule has 18 heavy (non-hydrogen) atoms. The summed E-state index contributed by atoms with van der Waals surface area (Å²) in [6.07, 6.45) is 0.641. The second kappa shape index (κ2) is 6.89. The minimum absolute atomic E-state index is 0.0145. The lowest BCUT2D eigenvalue weighted by Gasteiger charge is -2.13. The predicted molar refractivity (Wildman–Crippen MR) is 67.8 cm³/mol. The number of benzene rings is 1. The molecule has 6 heteroatoms. The van der Waals surface area contributed by atoms with Gasteiger partial charge in [-0.15, -0.1) is 0 Å². The topological polar surface area (TPSA) is 35.2 Å². The number of para-hydroxylation sites is 1. The molecule has 0 saturated heterocycles. The summed E-state index contributed by atoms with van der Waals surface area (Å²) in [4.78, 5) is 0. The van der Waals surface area contributed by atoms with Crippen LogP contribution >= 0.6 is 11.8 Å². The molecule has 0 aliphatic rings. The number of ether oxygens (including phenoxy) is 1. The van der Waals surface area contributed by atoms with Gasteiger partial charge in [-0.1, -0.05) is 18.2 Å². The van der Waals surface area contributed by atoms with E-state index in [-0.39, 0.29) is 30.2 Å². The molecule has 0 saturated carbocycles. The van der Waals surface area contributed by atoms with Crippen molar-refractivity contribution in [2.75, 3.05) is 12.4 Å². The molecule has 2 N–H and O–H groups in total. The second-order valence-electron chi connectivity index (χ2n) is 3.93. The van der Waals surface area contributed by atoms with Crippen molar-refractivity contribution in [1.82, 2.24) is 0 Å². The van der Waals surface area contributed by atoms with Gasteiger partial charge in [-0.25, -0.2) is 0 Å². The smallest absolute Gasteiger partial charge is 0.441 e. The van der Waals surface area contributed by atoms with E-state index in [1.54, 1.807) is 12.1 Å². The summed E-state index contributed by atoms with van der Waals surface area (Å²) in [5.74, 6) is 0.494. The van der Waals surface area contributed by atoms with Crippen LogP contribution in [0.5, 0.6) is 5.75 Å². The van der Waals surface area contributed by atoms with Gasteiger partial charge in [-0.3, -0.25) is 0 Å². The molecule has 0 bridgehead atoms. The molecular weight excluding hydrogens is 263 g/mol. The highest BCUT2D eigenvalue weighted by molar-refractivity contribution is 8.00. The second-order valence-corrected chi connectivity index (χ2v) is 5.09. The van der Waals surface area contributed by atoms with Gasteiger partial charge < -0.3 is 10.5 Å². The molecule has 0 spiro atoms. The molecule has 1 atom stereocenters. The SMILES string of the molecule is CC(N)Cc1ccccc1OCCSC(F)(F)F. The van der Waals surface area contributed by atoms with Crippen LogP contribution < -0.4 is 10.5 Å². The Morgan fingerprint density at radius 2 is 2.00 bits per heavy atom. The molecule has 102 valence electrons. The van der Waals surface area contributed by atoms with E-state index < -0.39 is 5.51 Å². The Morgan fingerprint density at radius 1 is 1.33 bits per heavy atom. The molecule has 0 aliphatic carbocycles. The summed E-state index contributed by atoms with van der Waals surface area (Å²) in [5, 5.41) is 0. The first-order valence-corrected chi connectivity index (χ1v) is 6.54. The van der Waals surface area contributed by atoms with E-state index in [1.807, 2.05) is 19.1 Å². The number of rotatable bonds is 6. The Balaban J connectivity index is 2.46. The highest BCUT2D eigenvalue weighted by atomic mass is 32.2. The first-order valence-electron chi connectivity index (χ1n) is 5.55. The Hall–Kier alpha value is -0.880. The third-order valence-corrected chi connectivity index (χ3v) is 2.82. The van der Waals surface area contributed by atoms with E-state index in [1.165, 1.54) is 0 Å². The summed E-state index contributed by atoms with van der Waals surface area (Å²) in [5.41, 5.74) is 2.42. The Morgan fingerprint density at radius 3 is 2.61 bits per heavy atom. The summed E-state index contributed by atoms with van der Waals surface area (Å²) in [6.45, 7) is 1.90. The van der Waals surface area contributed by atoms with Gasteiger partial charge in [0, 0.05) is 11.8 Å². The van der Waals surface area contributed by atoms with Gasteiger partial charge in [0.15, 0.2) is 0 Å². The molecule has 0 fully saturated rings. The highest BCUT2D eigenvalue weighted by Crippen LogP contribution is 2.30. The van der Waals surface area contributed by atoms with E-state index in [2.05, 4.69) is 0 Å². The quantitative estimate of drug-likeness (QED) is 0.812. The van der Waals surface area contributed by atoms with Gasteiger partial charge in [-0.2, -0.15) is 13.2 Å². The minimum atomic E-state index is -4.20. The third-order valence-electron chi connectivity index (χ3n) is 2.12. The van der Waals surface area contributed by atoms with Gasteiger partial charge in [0.1, 0.15) is 5.75 Å². The number of hydrogen-bond acceptors (Lipinski definition) is 3. The van der Waals surface area contributed by atoms with Crippen LogP contribution in [0.25, 0.3) is 0 Å². The monoisotopic (exact) mass is 279 g/mol. The number of thioether (sulfide) groups is 1. The maximum Gasteiger partial charge on any atom is 0.441 e. The number of alkyl halides is 3. The first kappa shape index (κ1) is 15.2. The van der Waals surface area contributed by atoms with E-state index in [9.17, 15) is 13.2 Å². The zero-order chi connectivity index (χ0) is 13.6. The maximum atomic E-state index is 11.9. The highest BCUT2D eigenvalue weighted by Gasteiger charge is 2.27. The number of nitrogens with two attached hydrogens (primary N) is 1. The lowest BCUT2D eigenvalue weighted by Crippen LogP contribution is -2.18. The molecule has 0 amide bonds. The van der Waals surface area contributed by atoms with Crippen molar-refractivity contribution >= 4 is 11.8 Å². The standard InChI is InChI=1S/C12H16F3NOS/c1-9(16)8-10-4-2-3-5-11(10)17-6-7-18-12(13,14)15/h2-5,9H,6-8,16H2,1H3. The average Bonchev–Trinajstić information content (AvgIpc) is 2.24. The molecule has 1 unspecified atom stereocenters. The molecule has 2 nitrogen and oxygen atoms in total. The van der Waals surface area contributed by atoms with Gasteiger partial charge in [0.2, 0.25) is 0 Å². The summed E-state index contributed by atoms with van der Waals surface area (Å²) < 4.78 is 41.1. The normalized spacial score (nSPS) is 13.4. The molecule has 0 heterocycles.